The molecule has 1 atom stereocenters. The highest BCUT2D eigenvalue weighted by Crippen LogP contribution is 2.30. The van der Waals surface area contributed by atoms with Gasteiger partial charge in [-0.05, 0) is 20.3 Å². The molecule has 0 spiro atoms. The third-order valence-electron chi connectivity index (χ3n) is 3.07. The summed E-state index contributed by atoms with van der Waals surface area (Å²) in [5.74, 6) is -0.538. The van der Waals surface area contributed by atoms with Crippen LogP contribution in [0.25, 0.3) is 0 Å². The maximum Gasteiger partial charge on any atom is 0.311 e. The second-order valence-corrected chi connectivity index (χ2v) is 4.59. The summed E-state index contributed by atoms with van der Waals surface area (Å²) in [4.78, 5) is 28.4. The van der Waals surface area contributed by atoms with Gasteiger partial charge in [0.05, 0.1) is 5.41 Å². The van der Waals surface area contributed by atoms with E-state index in [4.69, 9.17) is 5.11 Å². The molecule has 2 heterocycles. The zero-order chi connectivity index (χ0) is 12.6. The fraction of sp³-hybridized carbons (Fsp3) is 0.600. The molecule has 1 aliphatic heterocycles. The third-order valence-corrected chi connectivity index (χ3v) is 3.07. The normalized spacial score (nSPS) is 24.0. The summed E-state index contributed by atoms with van der Waals surface area (Å²) in [6.45, 7) is 3.98. The Morgan fingerprint density at radius 2 is 2.24 bits per heavy atom. The van der Waals surface area contributed by atoms with Crippen molar-refractivity contribution in [2.24, 2.45) is 5.41 Å². The van der Waals surface area contributed by atoms with E-state index in [1.165, 1.54) is 4.90 Å². The molecule has 1 aliphatic rings. The molecule has 0 aromatic carbocycles. The molecular weight excluding hydrogens is 224 g/mol. The number of hydrogen-bond acceptors (Lipinski definition) is 4. The first kappa shape index (κ1) is 11.6. The summed E-state index contributed by atoms with van der Waals surface area (Å²) in [5, 5.41) is 15.4. The van der Waals surface area contributed by atoms with Crippen molar-refractivity contribution in [1.82, 2.24) is 20.1 Å². The molecule has 2 N–H and O–H groups in total. The quantitative estimate of drug-likeness (QED) is 0.758. The molecule has 2 rings (SSSR count). The highest BCUT2D eigenvalue weighted by atomic mass is 16.4. The van der Waals surface area contributed by atoms with Crippen molar-refractivity contribution >= 4 is 11.9 Å². The predicted octanol–water partition coefficient (Wildman–Crippen LogP) is 0.0499. The molecular formula is C10H14N4O3. The SMILES string of the molecule is Cc1nc(C(=O)N2CCC(C)(C(=O)O)C2)n[nH]1. The third kappa shape index (κ3) is 2.00. The number of aliphatic carboxylic acids is 1. The first-order chi connectivity index (χ1) is 7.92. The zero-order valence-corrected chi connectivity index (χ0v) is 9.73. The van der Waals surface area contributed by atoms with Crippen LogP contribution in [0.15, 0.2) is 0 Å². The lowest BCUT2D eigenvalue weighted by Crippen LogP contribution is -2.35. The minimum Gasteiger partial charge on any atom is -0.481 e. The van der Waals surface area contributed by atoms with Gasteiger partial charge in [-0.2, -0.15) is 0 Å². The molecule has 1 amide bonds. The summed E-state index contributed by atoms with van der Waals surface area (Å²) in [7, 11) is 0. The molecule has 7 nitrogen and oxygen atoms in total. The lowest BCUT2D eigenvalue weighted by Gasteiger charge is -2.18. The van der Waals surface area contributed by atoms with Gasteiger partial charge in [0.2, 0.25) is 5.82 Å². The second-order valence-electron chi connectivity index (χ2n) is 4.59. The van der Waals surface area contributed by atoms with Gasteiger partial charge in [0.15, 0.2) is 0 Å². The number of aromatic nitrogens is 3. The second kappa shape index (κ2) is 3.83. The van der Waals surface area contributed by atoms with Gasteiger partial charge in [-0.25, -0.2) is 4.98 Å². The van der Waals surface area contributed by atoms with Crippen molar-refractivity contribution in [3.05, 3.63) is 11.6 Å². The molecule has 0 aliphatic carbocycles. The monoisotopic (exact) mass is 238 g/mol. The number of hydrogen-bond donors (Lipinski definition) is 2. The van der Waals surface area contributed by atoms with Crippen LogP contribution in [0.5, 0.6) is 0 Å². The lowest BCUT2D eigenvalue weighted by atomic mass is 9.90. The van der Waals surface area contributed by atoms with Gasteiger partial charge in [0.25, 0.3) is 5.91 Å². The van der Waals surface area contributed by atoms with Crippen molar-refractivity contribution in [3.8, 4) is 0 Å². The van der Waals surface area contributed by atoms with Crippen molar-refractivity contribution in [2.45, 2.75) is 20.3 Å². The van der Waals surface area contributed by atoms with Crippen LogP contribution in [0.2, 0.25) is 0 Å². The number of nitrogens with one attached hydrogen (secondary N) is 1. The first-order valence-electron chi connectivity index (χ1n) is 5.34. The van der Waals surface area contributed by atoms with E-state index in [1.54, 1.807) is 13.8 Å². The van der Waals surface area contributed by atoms with Gasteiger partial charge in [0.1, 0.15) is 5.82 Å². The molecule has 1 fully saturated rings. The Labute approximate surface area is 97.8 Å². The maximum atomic E-state index is 12.0. The minimum absolute atomic E-state index is 0.0946. The highest BCUT2D eigenvalue weighted by Gasteiger charge is 2.42. The topological polar surface area (TPSA) is 99.2 Å². The van der Waals surface area contributed by atoms with Gasteiger partial charge in [-0.1, -0.05) is 0 Å². The zero-order valence-electron chi connectivity index (χ0n) is 9.73. The van der Waals surface area contributed by atoms with Gasteiger partial charge in [-0.15, -0.1) is 5.10 Å². The van der Waals surface area contributed by atoms with E-state index in [9.17, 15) is 9.59 Å². The number of aryl methyl sites for hydroxylation is 1. The lowest BCUT2D eigenvalue weighted by molar-refractivity contribution is -0.147. The summed E-state index contributed by atoms with van der Waals surface area (Å²) >= 11 is 0. The molecule has 17 heavy (non-hydrogen) atoms. The summed E-state index contributed by atoms with van der Waals surface area (Å²) < 4.78 is 0. The number of nitrogens with zero attached hydrogens (tertiary/aromatic N) is 3. The van der Waals surface area contributed by atoms with E-state index >= 15 is 0 Å². The number of carboxylic acids is 1. The number of rotatable bonds is 2. The van der Waals surface area contributed by atoms with Crippen LogP contribution in [0, 0.1) is 12.3 Å². The fourth-order valence-corrected chi connectivity index (χ4v) is 1.89. The number of carboxylic acid groups (broad SMARTS) is 1. The Bertz CT molecular complexity index is 470. The highest BCUT2D eigenvalue weighted by molar-refractivity contribution is 5.91. The predicted molar refractivity (Wildman–Crippen MR) is 57.4 cm³/mol. The molecule has 1 unspecified atom stereocenters. The fourth-order valence-electron chi connectivity index (χ4n) is 1.89. The van der Waals surface area contributed by atoms with Crippen molar-refractivity contribution in [2.75, 3.05) is 13.1 Å². The molecule has 1 saturated heterocycles. The summed E-state index contributed by atoms with van der Waals surface area (Å²) in [6.07, 6.45) is 0.456. The number of amides is 1. The van der Waals surface area contributed by atoms with Crippen LogP contribution < -0.4 is 0 Å². The van der Waals surface area contributed by atoms with Gasteiger partial charge in [0, 0.05) is 13.1 Å². The van der Waals surface area contributed by atoms with E-state index < -0.39 is 11.4 Å². The summed E-state index contributed by atoms with van der Waals surface area (Å²) in [6, 6.07) is 0. The van der Waals surface area contributed by atoms with Crippen LogP contribution in [-0.2, 0) is 4.79 Å². The number of likely N-dealkylation sites (tertiary alicyclic amines) is 1. The molecule has 0 bridgehead atoms. The number of carbonyl (C=O) groups is 2. The van der Waals surface area contributed by atoms with Crippen LogP contribution in [0.4, 0.5) is 0 Å². The van der Waals surface area contributed by atoms with Crippen molar-refractivity contribution in [1.29, 1.82) is 0 Å². The van der Waals surface area contributed by atoms with E-state index in [-0.39, 0.29) is 18.3 Å². The molecule has 92 valence electrons. The Balaban J connectivity index is 2.11. The van der Waals surface area contributed by atoms with E-state index in [0.29, 0.717) is 18.8 Å². The first-order valence-corrected chi connectivity index (χ1v) is 5.34. The maximum absolute atomic E-state index is 12.0. The van der Waals surface area contributed by atoms with E-state index in [1.807, 2.05) is 0 Å². The molecule has 0 radical (unpaired) electrons. The Kier molecular flexibility index (Phi) is 2.60. The van der Waals surface area contributed by atoms with Gasteiger partial charge >= 0.3 is 5.97 Å². The average Bonchev–Trinajstić information content (AvgIpc) is 2.85. The van der Waals surface area contributed by atoms with Gasteiger partial charge < -0.3 is 10.0 Å². The van der Waals surface area contributed by atoms with Crippen molar-refractivity contribution < 1.29 is 14.7 Å². The largest absolute Gasteiger partial charge is 0.481 e. The number of aromatic amines is 1. The Morgan fingerprint density at radius 3 is 2.71 bits per heavy atom. The average molecular weight is 238 g/mol. The summed E-state index contributed by atoms with van der Waals surface area (Å²) in [5.41, 5.74) is -0.860. The van der Waals surface area contributed by atoms with E-state index in [2.05, 4.69) is 15.2 Å². The van der Waals surface area contributed by atoms with Gasteiger partial charge in [-0.3, -0.25) is 14.7 Å². The molecule has 0 saturated carbocycles. The minimum atomic E-state index is -0.876. The standard InChI is InChI=1S/C10H14N4O3/c1-6-11-7(13-12-6)8(15)14-4-3-10(2,5-14)9(16)17/h3-5H2,1-2H3,(H,16,17)(H,11,12,13). The van der Waals surface area contributed by atoms with Crippen LogP contribution in [0.3, 0.4) is 0 Å². The van der Waals surface area contributed by atoms with Crippen LogP contribution >= 0.6 is 0 Å². The molecule has 7 heteroatoms. The number of H-pyrrole nitrogens is 1. The molecule has 1 aromatic heterocycles. The Morgan fingerprint density at radius 1 is 1.53 bits per heavy atom. The smallest absolute Gasteiger partial charge is 0.311 e. The molecule has 1 aromatic rings. The Hall–Kier alpha value is -1.92. The van der Waals surface area contributed by atoms with Crippen LogP contribution in [0.1, 0.15) is 29.8 Å². The van der Waals surface area contributed by atoms with E-state index in [0.717, 1.165) is 0 Å². The van der Waals surface area contributed by atoms with Crippen molar-refractivity contribution in [3.63, 3.8) is 0 Å². The van der Waals surface area contributed by atoms with Crippen LogP contribution in [-0.4, -0.2) is 50.2 Å². The number of carbonyl (C=O) groups excluding carboxylic acids is 1.